The fraction of sp³-hybridized carbons (Fsp3) is 0.600. The van der Waals surface area contributed by atoms with E-state index >= 15 is 0 Å². The number of ether oxygens (including phenoxy) is 2. The average Bonchev–Trinajstić information content (AvgIpc) is 2.98. The predicted molar refractivity (Wildman–Crippen MR) is 113 cm³/mol. The van der Waals surface area contributed by atoms with Gasteiger partial charge in [0, 0.05) is 12.0 Å². The highest BCUT2D eigenvalue weighted by Gasteiger charge is 2.80. The normalized spacial score (nSPS) is 33.7. The quantitative estimate of drug-likeness (QED) is 0.577. The van der Waals surface area contributed by atoms with Gasteiger partial charge in [-0.3, -0.25) is 5.41 Å². The molecule has 172 valence electrons. The van der Waals surface area contributed by atoms with E-state index in [9.17, 15) is 24.6 Å². The first-order valence-corrected chi connectivity index (χ1v) is 11.6. The van der Waals surface area contributed by atoms with Gasteiger partial charge in [0.05, 0.1) is 24.1 Å². The number of hydrogen-bond donors (Lipinski definition) is 1. The lowest BCUT2D eigenvalue weighted by molar-refractivity contribution is -0.288. The first-order valence-electron chi connectivity index (χ1n) is 11.6. The number of nitrogens with zero attached hydrogens (tertiary/aromatic N) is 3. The van der Waals surface area contributed by atoms with Crippen LogP contribution in [0.5, 0.6) is 0 Å². The Morgan fingerprint density at radius 1 is 0.909 bits per heavy atom. The summed E-state index contributed by atoms with van der Waals surface area (Å²) in [4.78, 5) is 0. The van der Waals surface area contributed by atoms with E-state index in [2.05, 4.69) is 6.07 Å². The van der Waals surface area contributed by atoms with E-state index in [1.54, 1.807) is 0 Å². The lowest BCUT2D eigenvalue weighted by atomic mass is 9.52. The highest BCUT2D eigenvalue weighted by Crippen LogP contribution is 2.68. The molecule has 0 spiro atoms. The van der Waals surface area contributed by atoms with Gasteiger partial charge in [0.25, 0.3) is 0 Å². The first kappa shape index (κ1) is 23.1. The van der Waals surface area contributed by atoms with Gasteiger partial charge in [-0.1, -0.05) is 44.9 Å². The van der Waals surface area contributed by atoms with Crippen molar-refractivity contribution in [3.05, 3.63) is 35.4 Å². The molecule has 1 aromatic carbocycles. The van der Waals surface area contributed by atoms with Crippen molar-refractivity contribution in [1.82, 2.24) is 0 Å². The molecule has 4 rings (SSSR count). The third-order valence-corrected chi connectivity index (χ3v) is 7.56. The zero-order valence-corrected chi connectivity index (χ0v) is 18.4. The molecule has 33 heavy (non-hydrogen) atoms. The van der Waals surface area contributed by atoms with Gasteiger partial charge in [-0.2, -0.15) is 15.8 Å². The molecule has 1 aliphatic carbocycles. The van der Waals surface area contributed by atoms with Crippen molar-refractivity contribution >= 4 is 5.90 Å². The van der Waals surface area contributed by atoms with Crippen LogP contribution in [0.2, 0.25) is 0 Å². The van der Waals surface area contributed by atoms with Crippen LogP contribution >= 0.6 is 0 Å². The van der Waals surface area contributed by atoms with E-state index in [0.717, 1.165) is 63.1 Å². The van der Waals surface area contributed by atoms with Crippen molar-refractivity contribution in [2.24, 2.45) is 16.7 Å². The zero-order chi connectivity index (χ0) is 23.7. The van der Waals surface area contributed by atoms with E-state index in [1.807, 2.05) is 12.1 Å². The fourth-order valence-electron chi connectivity index (χ4n) is 5.92. The lowest BCUT2D eigenvalue weighted by Crippen LogP contribution is -2.59. The Morgan fingerprint density at radius 3 is 2.18 bits per heavy atom. The fourth-order valence-corrected chi connectivity index (χ4v) is 5.92. The zero-order valence-electron chi connectivity index (χ0n) is 18.4. The van der Waals surface area contributed by atoms with Crippen LogP contribution in [-0.4, -0.2) is 11.7 Å². The van der Waals surface area contributed by atoms with E-state index < -0.39 is 46.2 Å². The standard InChI is InChI=1S/C25H26F2N4O2/c26-17-10-11-19(27)18(13-17)21-23(14-28,15-29)24(16-30)20-9-7-5-3-1-2-4-6-8-12-25(20,32-21)33-22(24)31/h10-11,13,20-21,31H,1-9,12H2. The van der Waals surface area contributed by atoms with Crippen molar-refractivity contribution in [2.75, 3.05) is 0 Å². The highest BCUT2D eigenvalue weighted by atomic mass is 19.1. The van der Waals surface area contributed by atoms with Gasteiger partial charge < -0.3 is 9.47 Å². The largest absolute Gasteiger partial charge is 0.447 e. The van der Waals surface area contributed by atoms with Gasteiger partial charge in [-0.15, -0.1) is 0 Å². The molecule has 1 aromatic rings. The molecule has 2 saturated heterocycles. The smallest absolute Gasteiger partial charge is 0.217 e. The van der Waals surface area contributed by atoms with Crippen LogP contribution in [-0.2, 0) is 9.47 Å². The second-order valence-corrected chi connectivity index (χ2v) is 9.28. The third-order valence-electron chi connectivity index (χ3n) is 7.56. The molecule has 0 aromatic heterocycles. The molecule has 0 radical (unpaired) electrons. The predicted octanol–water partition coefficient (Wildman–Crippen LogP) is 5.81. The van der Waals surface area contributed by atoms with Gasteiger partial charge >= 0.3 is 0 Å². The van der Waals surface area contributed by atoms with Crippen molar-refractivity contribution in [3.63, 3.8) is 0 Å². The monoisotopic (exact) mass is 452 g/mol. The van der Waals surface area contributed by atoms with Crippen molar-refractivity contribution in [2.45, 2.75) is 76.1 Å². The summed E-state index contributed by atoms with van der Waals surface area (Å²) < 4.78 is 41.3. The summed E-state index contributed by atoms with van der Waals surface area (Å²) in [7, 11) is 0. The Morgan fingerprint density at radius 2 is 1.55 bits per heavy atom. The summed E-state index contributed by atoms with van der Waals surface area (Å²) >= 11 is 0. The molecule has 4 unspecified atom stereocenters. The molecule has 0 amide bonds. The molecule has 8 heteroatoms. The molecule has 3 aliphatic rings. The van der Waals surface area contributed by atoms with Crippen molar-refractivity contribution in [1.29, 1.82) is 21.2 Å². The van der Waals surface area contributed by atoms with Crippen LogP contribution < -0.4 is 0 Å². The Kier molecular flexibility index (Phi) is 6.12. The topological polar surface area (TPSA) is 114 Å². The number of nitrogens with one attached hydrogen (secondary N) is 1. The van der Waals surface area contributed by atoms with Crippen molar-refractivity contribution < 1.29 is 18.3 Å². The number of benzene rings is 1. The summed E-state index contributed by atoms with van der Waals surface area (Å²) in [6.07, 6.45) is 6.73. The van der Waals surface area contributed by atoms with Gasteiger partial charge in [-0.25, -0.2) is 8.78 Å². The van der Waals surface area contributed by atoms with Gasteiger partial charge in [-0.05, 0) is 31.0 Å². The third kappa shape index (κ3) is 3.30. The Bertz CT molecular complexity index is 1060. The molecule has 3 fully saturated rings. The molecule has 2 heterocycles. The molecular formula is C25H26F2N4O2. The molecule has 6 nitrogen and oxygen atoms in total. The highest BCUT2D eigenvalue weighted by molar-refractivity contribution is 5.89. The van der Waals surface area contributed by atoms with E-state index in [1.165, 1.54) is 0 Å². The average molecular weight is 453 g/mol. The van der Waals surface area contributed by atoms with Crippen LogP contribution in [0.25, 0.3) is 0 Å². The summed E-state index contributed by atoms with van der Waals surface area (Å²) in [6.45, 7) is 0. The molecule has 2 bridgehead atoms. The Labute approximate surface area is 192 Å². The number of nitriles is 3. The van der Waals surface area contributed by atoms with E-state index in [-0.39, 0.29) is 5.56 Å². The Hall–Kier alpha value is -3.02. The lowest BCUT2D eigenvalue weighted by Gasteiger charge is -2.50. The Balaban J connectivity index is 1.92. The van der Waals surface area contributed by atoms with E-state index in [0.29, 0.717) is 19.3 Å². The molecule has 4 atom stereocenters. The van der Waals surface area contributed by atoms with Crippen LogP contribution in [0.3, 0.4) is 0 Å². The minimum atomic E-state index is -2.28. The summed E-state index contributed by atoms with van der Waals surface area (Å²) in [5.74, 6) is -4.29. The van der Waals surface area contributed by atoms with Crippen LogP contribution in [0, 0.1) is 67.8 Å². The molecule has 2 aliphatic heterocycles. The molecule has 1 N–H and O–H groups in total. The molecular weight excluding hydrogens is 426 g/mol. The summed E-state index contributed by atoms with van der Waals surface area (Å²) in [5, 5.41) is 39.7. The number of hydrogen-bond acceptors (Lipinski definition) is 6. The van der Waals surface area contributed by atoms with E-state index in [4.69, 9.17) is 14.9 Å². The summed E-state index contributed by atoms with van der Waals surface area (Å²) in [6, 6.07) is 8.66. The number of halogens is 2. The van der Waals surface area contributed by atoms with Gasteiger partial charge in [0.15, 0.2) is 5.41 Å². The minimum Gasteiger partial charge on any atom is -0.447 e. The number of rotatable bonds is 1. The maximum absolute atomic E-state index is 14.9. The van der Waals surface area contributed by atoms with Crippen LogP contribution in [0.4, 0.5) is 8.78 Å². The second-order valence-electron chi connectivity index (χ2n) is 9.28. The maximum atomic E-state index is 14.9. The van der Waals surface area contributed by atoms with Gasteiger partial charge in [0.1, 0.15) is 17.7 Å². The molecule has 1 saturated carbocycles. The maximum Gasteiger partial charge on any atom is 0.217 e. The minimum absolute atomic E-state index is 0.319. The van der Waals surface area contributed by atoms with Crippen LogP contribution in [0.15, 0.2) is 18.2 Å². The van der Waals surface area contributed by atoms with Crippen LogP contribution in [0.1, 0.15) is 75.9 Å². The summed E-state index contributed by atoms with van der Waals surface area (Å²) in [5.41, 5.74) is -4.56. The first-order chi connectivity index (χ1) is 15.9. The van der Waals surface area contributed by atoms with Gasteiger partial charge in [0.2, 0.25) is 17.1 Å². The van der Waals surface area contributed by atoms with Crippen molar-refractivity contribution in [3.8, 4) is 18.2 Å². The second kappa shape index (κ2) is 8.73. The SMILES string of the molecule is N#CC1(C#N)C(c2cc(F)ccc2F)OC23CCCCCCCCCCC2C1(C#N)C(=N)O3.